The van der Waals surface area contributed by atoms with Gasteiger partial charge in [-0.3, -0.25) is 9.69 Å². The monoisotopic (exact) mass is 404 g/mol. The Morgan fingerprint density at radius 2 is 1.52 bits per heavy atom. The quantitative estimate of drug-likeness (QED) is 0.787. The van der Waals surface area contributed by atoms with Gasteiger partial charge in [-0.15, -0.1) is 0 Å². The molecule has 7 heteroatoms. The molecule has 0 aromatic heterocycles. The SMILES string of the molecule is CC(CN1C(=O)c2ccccc2S1(=O)=O)N1CCSCC1.c1ccccc1. The van der Waals surface area contributed by atoms with Gasteiger partial charge >= 0.3 is 0 Å². The maximum Gasteiger partial charge on any atom is 0.269 e. The van der Waals surface area contributed by atoms with E-state index >= 15 is 0 Å². The third kappa shape index (κ3) is 4.54. The first-order chi connectivity index (χ1) is 13.0. The number of hydrogen-bond donors (Lipinski definition) is 0. The molecule has 0 N–H and O–H groups in total. The molecule has 0 saturated carbocycles. The minimum atomic E-state index is -3.68. The average molecular weight is 405 g/mol. The summed E-state index contributed by atoms with van der Waals surface area (Å²) in [6.45, 7) is 4.10. The highest BCUT2D eigenvalue weighted by atomic mass is 32.2. The Morgan fingerprint density at radius 1 is 0.963 bits per heavy atom. The first kappa shape index (κ1) is 19.9. The minimum absolute atomic E-state index is 0.0407. The normalized spacial score (nSPS) is 19.7. The third-order valence-electron chi connectivity index (χ3n) is 4.68. The first-order valence-electron chi connectivity index (χ1n) is 8.99. The summed E-state index contributed by atoms with van der Waals surface area (Å²) in [5.74, 6) is 1.72. The molecule has 1 fully saturated rings. The zero-order valence-corrected chi connectivity index (χ0v) is 17.0. The van der Waals surface area contributed by atoms with Crippen molar-refractivity contribution in [2.24, 2.45) is 0 Å². The number of rotatable bonds is 3. The second kappa shape index (κ2) is 8.91. The van der Waals surface area contributed by atoms with E-state index in [0.717, 1.165) is 28.9 Å². The molecule has 1 atom stereocenters. The highest BCUT2D eigenvalue weighted by Crippen LogP contribution is 2.30. The molecule has 2 heterocycles. The van der Waals surface area contributed by atoms with E-state index in [0.29, 0.717) is 5.56 Å². The number of sulfonamides is 1. The van der Waals surface area contributed by atoms with Crippen LogP contribution in [0.1, 0.15) is 17.3 Å². The van der Waals surface area contributed by atoms with E-state index in [9.17, 15) is 13.2 Å². The van der Waals surface area contributed by atoms with Crippen molar-refractivity contribution in [1.82, 2.24) is 9.21 Å². The molecular formula is C20H24N2O3S2. The van der Waals surface area contributed by atoms with Gasteiger partial charge in [0.05, 0.1) is 12.1 Å². The second-order valence-corrected chi connectivity index (χ2v) is 9.54. The molecule has 0 aliphatic carbocycles. The van der Waals surface area contributed by atoms with Gasteiger partial charge in [0.25, 0.3) is 15.9 Å². The number of carbonyl (C=O) groups is 1. The third-order valence-corrected chi connectivity index (χ3v) is 7.43. The van der Waals surface area contributed by atoms with Gasteiger partial charge < -0.3 is 0 Å². The lowest BCUT2D eigenvalue weighted by Gasteiger charge is -2.33. The van der Waals surface area contributed by atoms with E-state index in [1.807, 2.05) is 55.1 Å². The summed E-state index contributed by atoms with van der Waals surface area (Å²) < 4.78 is 26.0. The Labute approximate surface area is 165 Å². The van der Waals surface area contributed by atoms with Crippen molar-refractivity contribution in [1.29, 1.82) is 0 Å². The van der Waals surface area contributed by atoms with Crippen LogP contribution in [0.25, 0.3) is 0 Å². The predicted molar refractivity (Wildman–Crippen MR) is 109 cm³/mol. The van der Waals surface area contributed by atoms with Crippen molar-refractivity contribution in [2.45, 2.75) is 17.9 Å². The molecule has 1 amide bonds. The van der Waals surface area contributed by atoms with Crippen LogP contribution in [0.2, 0.25) is 0 Å². The van der Waals surface area contributed by atoms with Gasteiger partial charge in [0.15, 0.2) is 0 Å². The van der Waals surface area contributed by atoms with Crippen LogP contribution in [0.15, 0.2) is 65.6 Å². The van der Waals surface area contributed by atoms with Crippen molar-refractivity contribution in [3.8, 4) is 0 Å². The van der Waals surface area contributed by atoms with E-state index < -0.39 is 15.9 Å². The van der Waals surface area contributed by atoms with Gasteiger partial charge in [0.2, 0.25) is 0 Å². The summed E-state index contributed by atoms with van der Waals surface area (Å²) in [6.07, 6.45) is 0. The average Bonchev–Trinajstić information content (AvgIpc) is 2.91. The lowest BCUT2D eigenvalue weighted by molar-refractivity contribution is 0.0838. The van der Waals surface area contributed by atoms with Gasteiger partial charge in [0.1, 0.15) is 4.90 Å². The van der Waals surface area contributed by atoms with E-state index in [2.05, 4.69) is 4.90 Å². The summed E-state index contributed by atoms with van der Waals surface area (Å²) in [6, 6.07) is 18.5. The minimum Gasteiger partial charge on any atom is -0.297 e. The number of amides is 1. The zero-order chi connectivity index (χ0) is 19.3. The fraction of sp³-hybridized carbons (Fsp3) is 0.350. The number of benzene rings is 2. The summed E-state index contributed by atoms with van der Waals surface area (Å²) in [7, 11) is -3.68. The molecule has 0 spiro atoms. The van der Waals surface area contributed by atoms with E-state index in [-0.39, 0.29) is 17.5 Å². The fourth-order valence-electron chi connectivity index (χ4n) is 3.17. The maximum absolute atomic E-state index is 12.5. The molecule has 0 bridgehead atoms. The molecule has 2 aliphatic rings. The van der Waals surface area contributed by atoms with Gasteiger partial charge in [-0.1, -0.05) is 48.5 Å². The number of nitrogens with zero attached hydrogens (tertiary/aromatic N) is 2. The molecular weight excluding hydrogens is 380 g/mol. The van der Waals surface area contributed by atoms with E-state index in [1.165, 1.54) is 6.07 Å². The van der Waals surface area contributed by atoms with Crippen molar-refractivity contribution < 1.29 is 13.2 Å². The van der Waals surface area contributed by atoms with Crippen molar-refractivity contribution in [3.63, 3.8) is 0 Å². The number of thioether (sulfide) groups is 1. The first-order valence-corrected chi connectivity index (χ1v) is 11.6. The molecule has 2 aromatic carbocycles. The Morgan fingerprint density at radius 3 is 2.07 bits per heavy atom. The molecule has 2 aliphatic heterocycles. The predicted octanol–water partition coefficient (Wildman–Crippen LogP) is 2.96. The molecule has 5 nitrogen and oxygen atoms in total. The van der Waals surface area contributed by atoms with Crippen LogP contribution in [-0.4, -0.2) is 60.7 Å². The largest absolute Gasteiger partial charge is 0.297 e. The van der Waals surface area contributed by atoms with Crippen LogP contribution in [-0.2, 0) is 10.0 Å². The molecule has 1 unspecified atom stereocenters. The van der Waals surface area contributed by atoms with E-state index in [4.69, 9.17) is 0 Å². The zero-order valence-electron chi connectivity index (χ0n) is 15.3. The fourth-order valence-corrected chi connectivity index (χ4v) is 5.75. The molecule has 4 rings (SSSR count). The summed E-state index contributed by atoms with van der Waals surface area (Å²) in [5, 5.41) is 0. The molecule has 2 aromatic rings. The van der Waals surface area contributed by atoms with Crippen molar-refractivity contribution in [2.75, 3.05) is 31.1 Å². The topological polar surface area (TPSA) is 57.7 Å². The summed E-state index contributed by atoms with van der Waals surface area (Å²) in [4.78, 5) is 14.7. The van der Waals surface area contributed by atoms with Crippen LogP contribution >= 0.6 is 11.8 Å². The Kier molecular flexibility index (Phi) is 6.57. The van der Waals surface area contributed by atoms with Gasteiger partial charge in [-0.05, 0) is 19.1 Å². The summed E-state index contributed by atoms with van der Waals surface area (Å²) in [5.41, 5.74) is 0.291. The number of fused-ring (bicyclic) bond motifs is 1. The Balaban J connectivity index is 0.000000299. The van der Waals surface area contributed by atoms with Crippen LogP contribution < -0.4 is 0 Å². The molecule has 27 heavy (non-hydrogen) atoms. The molecule has 0 radical (unpaired) electrons. The van der Waals surface area contributed by atoms with Crippen molar-refractivity contribution in [3.05, 3.63) is 66.2 Å². The second-order valence-electron chi connectivity index (χ2n) is 6.49. The van der Waals surface area contributed by atoms with Crippen molar-refractivity contribution >= 4 is 27.7 Å². The maximum atomic E-state index is 12.5. The lowest BCUT2D eigenvalue weighted by atomic mass is 10.2. The number of carbonyl (C=O) groups excluding carboxylic acids is 1. The lowest BCUT2D eigenvalue weighted by Crippen LogP contribution is -2.47. The highest BCUT2D eigenvalue weighted by molar-refractivity contribution is 7.99. The molecule has 1 saturated heterocycles. The Hall–Kier alpha value is -1.83. The van der Waals surface area contributed by atoms with E-state index in [1.54, 1.807) is 18.2 Å². The van der Waals surface area contributed by atoms with Crippen LogP contribution in [0.3, 0.4) is 0 Å². The van der Waals surface area contributed by atoms with Gasteiger partial charge in [-0.2, -0.15) is 11.8 Å². The number of hydrogen-bond acceptors (Lipinski definition) is 5. The summed E-state index contributed by atoms with van der Waals surface area (Å²) >= 11 is 1.91. The van der Waals surface area contributed by atoms with Crippen LogP contribution in [0, 0.1) is 0 Å². The van der Waals surface area contributed by atoms with Gasteiger partial charge in [0, 0.05) is 30.6 Å². The van der Waals surface area contributed by atoms with Crippen LogP contribution in [0.5, 0.6) is 0 Å². The smallest absolute Gasteiger partial charge is 0.269 e. The Bertz CT molecular complexity index is 839. The highest BCUT2D eigenvalue weighted by Gasteiger charge is 2.41. The van der Waals surface area contributed by atoms with Gasteiger partial charge in [-0.25, -0.2) is 12.7 Å². The standard InChI is InChI=1S/C14H18N2O3S2.C6H6/c1-11(15-6-8-20-9-7-15)10-16-14(17)12-4-2-3-5-13(12)21(16,18)19;1-2-4-6-5-3-1/h2-5,11H,6-10H2,1H3;1-6H. The van der Waals surface area contributed by atoms with Crippen LogP contribution in [0.4, 0.5) is 0 Å². The molecule has 144 valence electrons.